The Hall–Kier alpha value is -0.400. The second-order valence-corrected chi connectivity index (χ2v) is 5.80. The molecular weight excluding hydrogens is 416 g/mol. The number of anilines is 1. The molecule has 0 amide bonds. The van der Waals surface area contributed by atoms with Gasteiger partial charge < -0.3 is 5.73 Å². The lowest BCUT2D eigenvalue weighted by Crippen LogP contribution is -2.02. The summed E-state index contributed by atoms with van der Waals surface area (Å²) in [5, 5.41) is 0.626. The maximum atomic E-state index is 6.04. The first-order valence-corrected chi connectivity index (χ1v) is 6.99. The molecule has 0 bridgehead atoms. The molecule has 0 saturated carbocycles. The number of benzene rings is 1. The average Bonchev–Trinajstić information content (AvgIpc) is 2.29. The first-order chi connectivity index (χ1) is 7.99. The summed E-state index contributed by atoms with van der Waals surface area (Å²) >= 11 is 11.5. The molecule has 1 heterocycles. The van der Waals surface area contributed by atoms with Gasteiger partial charge in [-0.1, -0.05) is 11.6 Å². The molecule has 2 N–H and O–H groups in total. The summed E-state index contributed by atoms with van der Waals surface area (Å²) in [5.74, 6) is 1.09. The lowest BCUT2D eigenvalue weighted by atomic mass is 10.2. The summed E-state index contributed by atoms with van der Waals surface area (Å²) < 4.78 is 1.73. The molecule has 0 aliphatic heterocycles. The van der Waals surface area contributed by atoms with Crippen LogP contribution in [-0.2, 0) is 0 Å². The van der Waals surface area contributed by atoms with Crippen molar-refractivity contribution in [1.82, 2.24) is 9.97 Å². The molecule has 0 fully saturated rings. The van der Waals surface area contributed by atoms with Crippen LogP contribution in [-0.4, -0.2) is 9.97 Å². The van der Waals surface area contributed by atoms with E-state index in [1.54, 1.807) is 0 Å². The maximum Gasteiger partial charge on any atom is 0.161 e. The molecule has 3 nitrogen and oxygen atoms in total. The van der Waals surface area contributed by atoms with Crippen molar-refractivity contribution in [3.63, 3.8) is 0 Å². The molecule has 17 heavy (non-hydrogen) atoms. The predicted octanol–water partition coefficient (Wildman–Crippen LogP) is 4.05. The zero-order chi connectivity index (χ0) is 12.6. The zero-order valence-corrected chi connectivity index (χ0v) is 13.3. The van der Waals surface area contributed by atoms with Gasteiger partial charge in [0, 0.05) is 10.0 Å². The van der Waals surface area contributed by atoms with Crippen molar-refractivity contribution >= 4 is 55.9 Å². The fraction of sp³-hybridized carbons (Fsp3) is 0.0909. The quantitative estimate of drug-likeness (QED) is 0.703. The van der Waals surface area contributed by atoms with Gasteiger partial charge in [-0.05, 0) is 63.6 Å². The van der Waals surface area contributed by atoms with Crippen LogP contribution >= 0.6 is 50.1 Å². The Balaban J connectivity index is 2.57. The smallest absolute Gasteiger partial charge is 0.161 e. The third-order valence-corrected chi connectivity index (χ3v) is 4.79. The highest BCUT2D eigenvalue weighted by Gasteiger charge is 2.09. The highest BCUT2D eigenvalue weighted by molar-refractivity contribution is 14.1. The molecule has 0 unspecified atom stereocenters. The maximum absolute atomic E-state index is 6.04. The van der Waals surface area contributed by atoms with Gasteiger partial charge in [-0.2, -0.15) is 0 Å². The van der Waals surface area contributed by atoms with Crippen molar-refractivity contribution in [2.45, 2.75) is 6.92 Å². The number of hydrogen-bond donors (Lipinski definition) is 1. The summed E-state index contributed by atoms with van der Waals surface area (Å²) in [4.78, 5) is 8.66. The predicted molar refractivity (Wildman–Crippen MR) is 82.0 cm³/mol. The number of aryl methyl sites for hydroxylation is 1. The number of nitrogens with two attached hydrogens (primary N) is 1. The van der Waals surface area contributed by atoms with Gasteiger partial charge in [0.2, 0.25) is 0 Å². The molecule has 1 aromatic heterocycles. The molecule has 6 heteroatoms. The molecular formula is C11H8BrClIN3. The number of hydrogen-bond acceptors (Lipinski definition) is 3. The zero-order valence-electron chi connectivity index (χ0n) is 8.84. The fourth-order valence-corrected chi connectivity index (χ4v) is 2.01. The SMILES string of the molecule is Cc1nc(-c2ccc(Br)c(Cl)c2)nc(N)c1I. The van der Waals surface area contributed by atoms with Crippen molar-refractivity contribution < 1.29 is 0 Å². The van der Waals surface area contributed by atoms with E-state index in [1.165, 1.54) is 0 Å². The van der Waals surface area contributed by atoms with Crippen molar-refractivity contribution in [3.05, 3.63) is 37.0 Å². The lowest BCUT2D eigenvalue weighted by molar-refractivity contribution is 1.10. The second kappa shape index (κ2) is 5.07. The van der Waals surface area contributed by atoms with E-state index in [9.17, 15) is 0 Å². The van der Waals surface area contributed by atoms with Gasteiger partial charge in [-0.3, -0.25) is 0 Å². The van der Waals surface area contributed by atoms with Crippen LogP contribution in [0.15, 0.2) is 22.7 Å². The van der Waals surface area contributed by atoms with Crippen molar-refractivity contribution in [2.24, 2.45) is 0 Å². The van der Waals surface area contributed by atoms with Crippen LogP contribution in [0.25, 0.3) is 11.4 Å². The summed E-state index contributed by atoms with van der Waals surface area (Å²) in [6.07, 6.45) is 0. The van der Waals surface area contributed by atoms with Gasteiger partial charge in [0.05, 0.1) is 14.3 Å². The largest absolute Gasteiger partial charge is 0.383 e. The van der Waals surface area contributed by atoms with Crippen molar-refractivity contribution in [3.8, 4) is 11.4 Å². The summed E-state index contributed by atoms with van der Waals surface area (Å²) in [7, 11) is 0. The Morgan fingerprint density at radius 2 is 2.06 bits per heavy atom. The molecule has 0 spiro atoms. The van der Waals surface area contributed by atoms with E-state index in [0.717, 1.165) is 19.3 Å². The molecule has 2 aromatic rings. The van der Waals surface area contributed by atoms with Crippen LogP contribution in [0.4, 0.5) is 5.82 Å². The number of nitrogens with zero attached hydrogens (tertiary/aromatic N) is 2. The van der Waals surface area contributed by atoms with Crippen LogP contribution in [0.3, 0.4) is 0 Å². The molecule has 0 atom stereocenters. The minimum Gasteiger partial charge on any atom is -0.383 e. The van der Waals surface area contributed by atoms with Crippen LogP contribution in [0, 0.1) is 10.5 Å². The number of aromatic nitrogens is 2. The summed E-state index contributed by atoms with van der Waals surface area (Å²) in [6.45, 7) is 1.91. The Kier molecular flexibility index (Phi) is 3.89. The Bertz CT molecular complexity index is 566. The van der Waals surface area contributed by atoms with Gasteiger partial charge in [-0.15, -0.1) is 0 Å². The summed E-state index contributed by atoms with van der Waals surface area (Å²) in [5.41, 5.74) is 7.54. The van der Waals surface area contributed by atoms with E-state index >= 15 is 0 Å². The van der Waals surface area contributed by atoms with Gasteiger partial charge >= 0.3 is 0 Å². The van der Waals surface area contributed by atoms with Gasteiger partial charge in [-0.25, -0.2) is 9.97 Å². The van der Waals surface area contributed by atoms with E-state index in [2.05, 4.69) is 48.5 Å². The minimum atomic E-state index is 0.493. The minimum absolute atomic E-state index is 0.493. The highest BCUT2D eigenvalue weighted by Crippen LogP contribution is 2.28. The second-order valence-electron chi connectivity index (χ2n) is 3.46. The molecule has 1 aromatic carbocycles. The average molecular weight is 424 g/mol. The molecule has 0 aliphatic rings. The first-order valence-electron chi connectivity index (χ1n) is 4.74. The fourth-order valence-electron chi connectivity index (χ4n) is 1.35. The van der Waals surface area contributed by atoms with Crippen LogP contribution in [0.1, 0.15) is 5.69 Å². The van der Waals surface area contributed by atoms with E-state index in [-0.39, 0.29) is 0 Å². The number of halogens is 3. The van der Waals surface area contributed by atoms with E-state index in [4.69, 9.17) is 17.3 Å². The van der Waals surface area contributed by atoms with Crippen LogP contribution < -0.4 is 5.73 Å². The van der Waals surface area contributed by atoms with E-state index in [1.807, 2.05) is 25.1 Å². The molecule has 0 radical (unpaired) electrons. The first kappa shape index (κ1) is 13.0. The Morgan fingerprint density at radius 3 is 2.65 bits per heavy atom. The number of rotatable bonds is 1. The number of nitrogen functional groups attached to an aromatic ring is 1. The van der Waals surface area contributed by atoms with Crippen LogP contribution in [0.5, 0.6) is 0 Å². The Labute approximate surface area is 126 Å². The molecule has 0 saturated heterocycles. The van der Waals surface area contributed by atoms with Gasteiger partial charge in [0.1, 0.15) is 5.82 Å². The molecule has 2 rings (SSSR count). The lowest BCUT2D eigenvalue weighted by Gasteiger charge is -2.06. The third kappa shape index (κ3) is 2.71. The van der Waals surface area contributed by atoms with Crippen LogP contribution in [0.2, 0.25) is 5.02 Å². The monoisotopic (exact) mass is 423 g/mol. The standard InChI is InChI=1S/C11H8BrClIN3/c1-5-9(14)10(15)17-11(16-5)6-2-3-7(12)8(13)4-6/h2-4H,1H3,(H2,15,16,17). The van der Waals surface area contributed by atoms with Gasteiger partial charge in [0.15, 0.2) is 5.82 Å². The summed E-state index contributed by atoms with van der Waals surface area (Å²) in [6, 6.07) is 5.58. The topological polar surface area (TPSA) is 51.8 Å². The highest BCUT2D eigenvalue weighted by atomic mass is 127. The van der Waals surface area contributed by atoms with Gasteiger partial charge in [0.25, 0.3) is 0 Å². The van der Waals surface area contributed by atoms with E-state index < -0.39 is 0 Å². The van der Waals surface area contributed by atoms with Crippen molar-refractivity contribution in [2.75, 3.05) is 5.73 Å². The molecule has 0 aliphatic carbocycles. The van der Waals surface area contributed by atoms with Crippen molar-refractivity contribution in [1.29, 1.82) is 0 Å². The van der Waals surface area contributed by atoms with E-state index in [0.29, 0.717) is 16.7 Å². The normalized spacial score (nSPS) is 10.6. The molecule has 88 valence electrons. The third-order valence-electron chi connectivity index (χ3n) is 2.22. The Morgan fingerprint density at radius 1 is 1.35 bits per heavy atom.